The molecule has 3 heterocycles. The van der Waals surface area contributed by atoms with Gasteiger partial charge in [-0.3, -0.25) is 4.79 Å². The molecule has 2 atom stereocenters. The van der Waals surface area contributed by atoms with E-state index in [4.69, 9.17) is 18.9 Å². The molecule has 3 aromatic carbocycles. The molecule has 188 valence electrons. The second kappa shape index (κ2) is 9.97. The lowest BCUT2D eigenvalue weighted by atomic mass is 9.85. The summed E-state index contributed by atoms with van der Waals surface area (Å²) in [4.78, 5) is 30.5. The van der Waals surface area contributed by atoms with E-state index in [9.17, 15) is 9.59 Å². The maximum Gasteiger partial charge on any atom is 0.341 e. The Bertz CT molecular complexity index is 1370. The van der Waals surface area contributed by atoms with Gasteiger partial charge in [-0.05, 0) is 53.3 Å². The number of fused-ring (bicyclic) bond motifs is 2. The fourth-order valence-corrected chi connectivity index (χ4v) is 4.96. The molecule has 8 nitrogen and oxygen atoms in total. The molecule has 0 spiro atoms. The van der Waals surface area contributed by atoms with Crippen molar-refractivity contribution in [1.82, 2.24) is 5.32 Å². The summed E-state index contributed by atoms with van der Waals surface area (Å²) >= 11 is 0. The van der Waals surface area contributed by atoms with Crippen molar-refractivity contribution in [2.24, 2.45) is 10.9 Å². The first kappa shape index (κ1) is 23.1. The molecule has 0 radical (unpaired) electrons. The predicted molar refractivity (Wildman–Crippen MR) is 135 cm³/mol. The zero-order valence-electron chi connectivity index (χ0n) is 20.1. The monoisotopic (exact) mass is 498 g/mol. The van der Waals surface area contributed by atoms with Gasteiger partial charge >= 0.3 is 12.0 Å². The van der Waals surface area contributed by atoms with E-state index in [1.54, 1.807) is 0 Å². The van der Waals surface area contributed by atoms with Gasteiger partial charge in [-0.25, -0.2) is 9.79 Å². The van der Waals surface area contributed by atoms with Gasteiger partial charge in [-0.2, -0.15) is 0 Å². The highest BCUT2D eigenvalue weighted by Gasteiger charge is 2.40. The molecule has 37 heavy (non-hydrogen) atoms. The number of nitrogens with one attached hydrogen (secondary N) is 1. The van der Waals surface area contributed by atoms with Gasteiger partial charge in [0.05, 0.1) is 12.6 Å². The minimum atomic E-state index is -0.769. The average molecular weight is 499 g/mol. The van der Waals surface area contributed by atoms with Crippen molar-refractivity contribution in [3.63, 3.8) is 0 Å². The fourth-order valence-electron chi connectivity index (χ4n) is 4.96. The second-order valence-electron chi connectivity index (χ2n) is 9.25. The molecule has 1 N–H and O–H groups in total. The van der Waals surface area contributed by atoms with Crippen molar-refractivity contribution in [2.45, 2.75) is 31.9 Å². The number of hydrogen-bond acceptors (Lipinski definition) is 6. The summed E-state index contributed by atoms with van der Waals surface area (Å²) in [7, 11) is 0. The quantitative estimate of drug-likeness (QED) is 0.481. The Kier molecular flexibility index (Phi) is 6.22. The molecule has 0 saturated carbocycles. The summed E-state index contributed by atoms with van der Waals surface area (Å²) in [5, 5.41) is 2.90. The largest absolute Gasteiger partial charge is 0.493 e. The minimum Gasteiger partial charge on any atom is -0.493 e. The topological polar surface area (TPSA) is 95.5 Å². The first-order valence-electron chi connectivity index (χ1n) is 12.4. The van der Waals surface area contributed by atoms with Gasteiger partial charge in [0.25, 0.3) is 0 Å². The number of carbonyl (C=O) groups is 2. The van der Waals surface area contributed by atoms with Crippen LogP contribution in [-0.2, 0) is 29.0 Å². The molecule has 8 heteroatoms. The predicted octanol–water partition coefficient (Wildman–Crippen LogP) is 4.55. The van der Waals surface area contributed by atoms with E-state index in [2.05, 4.69) is 10.3 Å². The van der Waals surface area contributed by atoms with E-state index < -0.39 is 24.0 Å². The molecule has 2 amide bonds. The number of hydrogen-bond donors (Lipinski definition) is 1. The van der Waals surface area contributed by atoms with Crippen LogP contribution < -0.4 is 19.5 Å². The number of aryl methyl sites for hydroxylation is 1. The van der Waals surface area contributed by atoms with E-state index in [-0.39, 0.29) is 13.4 Å². The second-order valence-corrected chi connectivity index (χ2v) is 9.25. The van der Waals surface area contributed by atoms with Crippen LogP contribution >= 0.6 is 0 Å². The molecule has 0 saturated heterocycles. The first-order valence-corrected chi connectivity index (χ1v) is 12.4. The lowest BCUT2D eigenvalue weighted by molar-refractivity contribution is -0.148. The summed E-state index contributed by atoms with van der Waals surface area (Å²) in [5.74, 6) is 0.984. The standard InChI is InChI=1S/C29H26N2O6/c32-28(35-16-19-4-2-1-3-5-19)26-22(10-6-18-7-11-23-25(14-18)37-17-36-23)30-29(33)31-27(26)21-9-8-20-12-13-34-24(20)15-21/h1-5,7-9,11,14-15,26-27H,6,10,12-13,16-17H2,(H,31,33). The number of amides is 2. The Morgan fingerprint density at radius 1 is 0.919 bits per heavy atom. The third kappa shape index (κ3) is 4.87. The van der Waals surface area contributed by atoms with Crippen molar-refractivity contribution in [2.75, 3.05) is 13.4 Å². The fraction of sp³-hybridized carbons (Fsp3) is 0.276. The van der Waals surface area contributed by atoms with E-state index in [1.165, 1.54) is 0 Å². The molecular formula is C29H26N2O6. The molecule has 0 aliphatic carbocycles. The van der Waals surface area contributed by atoms with Crippen molar-refractivity contribution >= 4 is 17.7 Å². The average Bonchev–Trinajstić information content (AvgIpc) is 3.59. The molecule has 3 aliphatic rings. The van der Waals surface area contributed by atoms with Crippen molar-refractivity contribution in [3.8, 4) is 17.2 Å². The molecular weight excluding hydrogens is 472 g/mol. The maximum atomic E-state index is 13.5. The van der Waals surface area contributed by atoms with E-state index >= 15 is 0 Å². The van der Waals surface area contributed by atoms with Crippen LogP contribution in [0.2, 0.25) is 0 Å². The van der Waals surface area contributed by atoms with Crippen LogP contribution in [0.4, 0.5) is 4.79 Å². The van der Waals surface area contributed by atoms with Crippen LogP contribution in [0, 0.1) is 5.92 Å². The molecule has 6 rings (SSSR count). The Balaban J connectivity index is 1.27. The number of nitrogens with zero attached hydrogens (tertiary/aromatic N) is 1. The SMILES string of the molecule is O=C1N=C(CCc2ccc3c(c2)OCO3)C(C(=O)OCc2ccccc2)C(c2ccc3c(c2)OCC3)N1. The van der Waals surface area contributed by atoms with E-state index in [0.717, 1.165) is 34.4 Å². The number of esters is 1. The van der Waals surface area contributed by atoms with Crippen LogP contribution in [0.1, 0.15) is 34.7 Å². The molecule has 2 unspecified atom stereocenters. The van der Waals surface area contributed by atoms with Gasteiger partial charge in [0, 0.05) is 12.1 Å². The molecule has 3 aliphatic heterocycles. The Hall–Kier alpha value is -4.33. The number of ether oxygens (including phenoxy) is 4. The summed E-state index contributed by atoms with van der Waals surface area (Å²) < 4.78 is 22.4. The Morgan fingerprint density at radius 3 is 2.68 bits per heavy atom. The van der Waals surface area contributed by atoms with Crippen LogP contribution in [-0.4, -0.2) is 31.1 Å². The highest BCUT2D eigenvalue weighted by Crippen LogP contribution is 2.36. The van der Waals surface area contributed by atoms with Gasteiger partial charge in [0.2, 0.25) is 6.79 Å². The normalized spacial score (nSPS) is 19.5. The minimum absolute atomic E-state index is 0.138. The Labute approximate surface area is 214 Å². The van der Waals surface area contributed by atoms with Gasteiger partial charge in [0.15, 0.2) is 11.5 Å². The van der Waals surface area contributed by atoms with E-state index in [0.29, 0.717) is 36.7 Å². The van der Waals surface area contributed by atoms with Crippen molar-refractivity contribution in [1.29, 1.82) is 0 Å². The van der Waals surface area contributed by atoms with Gasteiger partial charge < -0.3 is 24.3 Å². The van der Waals surface area contributed by atoms with Crippen molar-refractivity contribution < 1.29 is 28.5 Å². The summed E-state index contributed by atoms with van der Waals surface area (Å²) in [6.07, 6.45) is 1.83. The lowest BCUT2D eigenvalue weighted by Gasteiger charge is -2.31. The third-order valence-corrected chi connectivity index (χ3v) is 6.88. The van der Waals surface area contributed by atoms with Crippen LogP contribution in [0.3, 0.4) is 0 Å². The summed E-state index contributed by atoms with van der Waals surface area (Å²) in [5.41, 5.74) is 4.27. The van der Waals surface area contributed by atoms with Crippen LogP contribution in [0.15, 0.2) is 71.7 Å². The zero-order chi connectivity index (χ0) is 25.2. The zero-order valence-corrected chi connectivity index (χ0v) is 20.1. The first-order chi connectivity index (χ1) is 18.1. The Morgan fingerprint density at radius 2 is 1.78 bits per heavy atom. The highest BCUT2D eigenvalue weighted by atomic mass is 16.7. The molecule has 0 fully saturated rings. The summed E-state index contributed by atoms with van der Waals surface area (Å²) in [6.45, 7) is 0.966. The maximum absolute atomic E-state index is 13.5. The van der Waals surface area contributed by atoms with E-state index in [1.807, 2.05) is 66.7 Å². The highest BCUT2D eigenvalue weighted by molar-refractivity contribution is 6.09. The van der Waals surface area contributed by atoms with Gasteiger partial charge in [-0.15, -0.1) is 0 Å². The number of aliphatic imine (C=N–C) groups is 1. The van der Waals surface area contributed by atoms with Crippen LogP contribution in [0.25, 0.3) is 0 Å². The molecule has 0 aromatic heterocycles. The smallest absolute Gasteiger partial charge is 0.341 e. The number of urea groups is 1. The third-order valence-electron chi connectivity index (χ3n) is 6.88. The summed E-state index contributed by atoms with van der Waals surface area (Å²) in [6, 6.07) is 20.0. The number of rotatable bonds is 7. The van der Waals surface area contributed by atoms with Gasteiger partial charge in [0.1, 0.15) is 18.3 Å². The number of benzene rings is 3. The van der Waals surface area contributed by atoms with Gasteiger partial charge in [-0.1, -0.05) is 48.5 Å². The molecule has 3 aromatic rings. The van der Waals surface area contributed by atoms with Crippen molar-refractivity contribution in [3.05, 3.63) is 89.0 Å². The van der Waals surface area contributed by atoms with Crippen LogP contribution in [0.5, 0.6) is 17.2 Å². The molecule has 0 bridgehead atoms. The lowest BCUT2D eigenvalue weighted by Crippen LogP contribution is -2.45. The number of carbonyl (C=O) groups excluding carboxylic acids is 2.